The number of nitrogens with zero attached hydrogens (tertiary/aromatic N) is 1. The van der Waals surface area contributed by atoms with Gasteiger partial charge in [0, 0.05) is 18.1 Å². The normalized spacial score (nSPS) is 15.5. The molecule has 1 saturated heterocycles. The Morgan fingerprint density at radius 1 is 1.11 bits per heavy atom. The van der Waals surface area contributed by atoms with E-state index < -0.39 is 6.10 Å². The topological polar surface area (TPSA) is 41.6 Å². The molecule has 2 aromatic rings. The van der Waals surface area contributed by atoms with Gasteiger partial charge in [-0.25, -0.2) is 0 Å². The first-order chi connectivity index (χ1) is 13.2. The van der Waals surface area contributed by atoms with Crippen molar-refractivity contribution in [3.05, 3.63) is 64.7 Å². The molecule has 1 atom stereocenters. The third-order valence-electron chi connectivity index (χ3n) is 4.92. The molecule has 1 fully saturated rings. The van der Waals surface area contributed by atoms with Gasteiger partial charge in [0.1, 0.15) is 5.75 Å². The Labute approximate surface area is 166 Å². The molecule has 1 aliphatic heterocycles. The van der Waals surface area contributed by atoms with Gasteiger partial charge in [-0.2, -0.15) is 0 Å². The van der Waals surface area contributed by atoms with Crippen molar-refractivity contribution in [2.75, 3.05) is 13.1 Å². The van der Waals surface area contributed by atoms with Gasteiger partial charge in [-0.15, -0.1) is 0 Å². The summed E-state index contributed by atoms with van der Waals surface area (Å²) in [5, 5.41) is 3.69. The second-order valence-electron chi connectivity index (χ2n) is 6.94. The van der Waals surface area contributed by atoms with E-state index >= 15 is 0 Å². The molecule has 0 aromatic heterocycles. The van der Waals surface area contributed by atoms with Crippen molar-refractivity contribution in [3.8, 4) is 5.75 Å². The van der Waals surface area contributed by atoms with Crippen LogP contribution in [0.4, 0.5) is 0 Å². The van der Waals surface area contributed by atoms with E-state index in [4.69, 9.17) is 16.3 Å². The van der Waals surface area contributed by atoms with E-state index in [-0.39, 0.29) is 5.91 Å². The molecule has 4 nitrogen and oxygen atoms in total. The molecule has 1 heterocycles. The van der Waals surface area contributed by atoms with E-state index in [9.17, 15) is 4.79 Å². The summed E-state index contributed by atoms with van der Waals surface area (Å²) in [5.74, 6) is 0.555. The highest BCUT2D eigenvalue weighted by Crippen LogP contribution is 2.19. The third-order valence-corrected chi connectivity index (χ3v) is 5.17. The van der Waals surface area contributed by atoms with Crippen molar-refractivity contribution in [1.82, 2.24) is 10.2 Å². The van der Waals surface area contributed by atoms with Gasteiger partial charge in [0.25, 0.3) is 5.91 Å². The summed E-state index contributed by atoms with van der Waals surface area (Å²) < 4.78 is 5.83. The third kappa shape index (κ3) is 5.72. The van der Waals surface area contributed by atoms with Crippen LogP contribution < -0.4 is 10.1 Å². The average Bonchev–Trinajstić information content (AvgIpc) is 3.19. The fraction of sp³-hybridized carbons (Fsp3) is 0.409. The van der Waals surface area contributed by atoms with Gasteiger partial charge in [-0.1, -0.05) is 42.8 Å². The molecule has 27 heavy (non-hydrogen) atoms. The highest BCUT2D eigenvalue weighted by Gasteiger charge is 2.19. The standard InChI is InChI=1S/C22H27ClN2O2/c1-2-21(27-20-11-9-19(23)10-12-20)22(26)24-15-17-7-3-4-8-18(17)16-25-13-5-6-14-25/h3-4,7-12,21H,2,5-6,13-16H2,1H3,(H,24,26). The van der Waals surface area contributed by atoms with Crippen molar-refractivity contribution in [3.63, 3.8) is 0 Å². The first kappa shape index (κ1) is 19.7. The van der Waals surface area contributed by atoms with Crippen molar-refractivity contribution in [2.24, 2.45) is 0 Å². The summed E-state index contributed by atoms with van der Waals surface area (Å²) >= 11 is 5.90. The quantitative estimate of drug-likeness (QED) is 0.730. The molecular weight excluding hydrogens is 360 g/mol. The van der Waals surface area contributed by atoms with E-state index in [1.165, 1.54) is 24.0 Å². The number of nitrogens with one attached hydrogen (secondary N) is 1. The number of hydrogen-bond donors (Lipinski definition) is 1. The Morgan fingerprint density at radius 3 is 2.44 bits per heavy atom. The second kappa shape index (κ2) is 9.77. The van der Waals surface area contributed by atoms with Crippen LogP contribution in [0.25, 0.3) is 0 Å². The van der Waals surface area contributed by atoms with Crippen LogP contribution in [0.2, 0.25) is 5.02 Å². The summed E-state index contributed by atoms with van der Waals surface area (Å²) in [7, 11) is 0. The van der Waals surface area contributed by atoms with Gasteiger partial charge >= 0.3 is 0 Å². The van der Waals surface area contributed by atoms with E-state index in [0.717, 1.165) is 19.6 Å². The van der Waals surface area contributed by atoms with Crippen molar-refractivity contribution >= 4 is 17.5 Å². The van der Waals surface area contributed by atoms with Crippen LogP contribution >= 0.6 is 11.6 Å². The number of carbonyl (C=O) groups excluding carboxylic acids is 1. The number of hydrogen-bond acceptors (Lipinski definition) is 3. The number of ether oxygens (including phenoxy) is 1. The number of likely N-dealkylation sites (tertiary alicyclic amines) is 1. The van der Waals surface area contributed by atoms with Gasteiger partial charge in [-0.3, -0.25) is 9.69 Å². The van der Waals surface area contributed by atoms with Gasteiger partial charge in [-0.05, 0) is 67.7 Å². The minimum absolute atomic E-state index is 0.0941. The molecule has 1 amide bonds. The molecule has 0 aliphatic carbocycles. The summed E-state index contributed by atoms with van der Waals surface area (Å²) in [6, 6.07) is 15.4. The summed E-state index contributed by atoms with van der Waals surface area (Å²) in [5.41, 5.74) is 2.45. The van der Waals surface area contributed by atoms with Crippen LogP contribution in [0.15, 0.2) is 48.5 Å². The van der Waals surface area contributed by atoms with Crippen LogP contribution in [0.1, 0.15) is 37.3 Å². The zero-order valence-corrected chi connectivity index (χ0v) is 16.5. The fourth-order valence-corrected chi connectivity index (χ4v) is 3.49. The van der Waals surface area contributed by atoms with E-state index in [1.807, 2.05) is 13.0 Å². The Morgan fingerprint density at radius 2 is 1.78 bits per heavy atom. The Bertz CT molecular complexity index is 742. The van der Waals surface area contributed by atoms with Crippen LogP contribution in [0.5, 0.6) is 5.75 Å². The maximum Gasteiger partial charge on any atom is 0.261 e. The van der Waals surface area contributed by atoms with Crippen LogP contribution in [-0.2, 0) is 17.9 Å². The molecule has 0 spiro atoms. The monoisotopic (exact) mass is 386 g/mol. The molecule has 3 rings (SSSR count). The van der Waals surface area contributed by atoms with Crippen molar-refractivity contribution in [2.45, 2.75) is 45.4 Å². The van der Waals surface area contributed by atoms with Crippen LogP contribution in [0.3, 0.4) is 0 Å². The predicted molar refractivity (Wildman–Crippen MR) is 109 cm³/mol. The minimum Gasteiger partial charge on any atom is -0.481 e. The number of rotatable bonds is 8. The highest BCUT2D eigenvalue weighted by atomic mass is 35.5. The first-order valence-electron chi connectivity index (χ1n) is 9.65. The largest absolute Gasteiger partial charge is 0.481 e. The molecule has 1 N–H and O–H groups in total. The minimum atomic E-state index is -0.517. The van der Waals surface area contributed by atoms with Crippen LogP contribution in [-0.4, -0.2) is 30.0 Å². The zero-order chi connectivity index (χ0) is 19.1. The van der Waals surface area contributed by atoms with E-state index in [0.29, 0.717) is 23.7 Å². The molecule has 0 radical (unpaired) electrons. The number of carbonyl (C=O) groups is 1. The number of halogens is 1. The lowest BCUT2D eigenvalue weighted by atomic mass is 10.1. The number of amides is 1. The summed E-state index contributed by atoms with van der Waals surface area (Å²) in [6.07, 6.45) is 2.64. The molecule has 0 saturated carbocycles. The zero-order valence-electron chi connectivity index (χ0n) is 15.8. The molecule has 5 heteroatoms. The van der Waals surface area contributed by atoms with Gasteiger partial charge in [0.2, 0.25) is 0 Å². The first-order valence-corrected chi connectivity index (χ1v) is 10.0. The highest BCUT2D eigenvalue weighted by molar-refractivity contribution is 6.30. The Hall–Kier alpha value is -2.04. The lowest BCUT2D eigenvalue weighted by Crippen LogP contribution is -2.37. The lowest BCUT2D eigenvalue weighted by molar-refractivity contribution is -0.128. The molecule has 2 aromatic carbocycles. The smallest absolute Gasteiger partial charge is 0.261 e. The fourth-order valence-electron chi connectivity index (χ4n) is 3.36. The van der Waals surface area contributed by atoms with Gasteiger partial charge in [0.05, 0.1) is 0 Å². The Kier molecular flexibility index (Phi) is 7.13. The second-order valence-corrected chi connectivity index (χ2v) is 7.37. The maximum atomic E-state index is 12.6. The average molecular weight is 387 g/mol. The van der Waals surface area contributed by atoms with E-state index in [1.54, 1.807) is 24.3 Å². The van der Waals surface area contributed by atoms with Gasteiger partial charge in [0.15, 0.2) is 6.10 Å². The summed E-state index contributed by atoms with van der Waals surface area (Å²) in [6.45, 7) is 5.73. The SMILES string of the molecule is CCC(Oc1ccc(Cl)cc1)C(=O)NCc1ccccc1CN1CCCC1. The number of benzene rings is 2. The Balaban J connectivity index is 1.58. The summed E-state index contributed by atoms with van der Waals surface area (Å²) in [4.78, 5) is 15.1. The molecule has 0 bridgehead atoms. The molecular formula is C22H27ClN2O2. The lowest BCUT2D eigenvalue weighted by Gasteiger charge is -2.20. The van der Waals surface area contributed by atoms with Gasteiger partial charge < -0.3 is 10.1 Å². The predicted octanol–water partition coefficient (Wildman–Crippen LogP) is 4.41. The van der Waals surface area contributed by atoms with Crippen LogP contribution in [0, 0.1) is 0 Å². The van der Waals surface area contributed by atoms with Crippen molar-refractivity contribution < 1.29 is 9.53 Å². The molecule has 1 unspecified atom stereocenters. The maximum absolute atomic E-state index is 12.6. The molecule has 144 valence electrons. The van der Waals surface area contributed by atoms with E-state index in [2.05, 4.69) is 28.4 Å². The molecule has 1 aliphatic rings. The van der Waals surface area contributed by atoms with Crippen molar-refractivity contribution in [1.29, 1.82) is 0 Å².